The molecule has 10 nitrogen and oxygen atoms in total. The topological polar surface area (TPSA) is 125 Å². The van der Waals surface area contributed by atoms with Crippen molar-refractivity contribution < 1.29 is 32.6 Å². The molecule has 7 rings (SSSR count). The van der Waals surface area contributed by atoms with E-state index in [0.717, 1.165) is 32.1 Å². The summed E-state index contributed by atoms with van der Waals surface area (Å²) < 4.78 is 40.6. The molecule has 2 aromatic carbocycles. The second kappa shape index (κ2) is 13.2. The average molecular weight is 712 g/mol. The van der Waals surface area contributed by atoms with Gasteiger partial charge in [-0.3, -0.25) is 14.3 Å². The molecule has 2 heterocycles. The number of amides is 2. The number of carbonyl (C=O) groups is 2. The zero-order valence-electron chi connectivity index (χ0n) is 28.2. The second-order valence-corrected chi connectivity index (χ2v) is 17.1. The van der Waals surface area contributed by atoms with Gasteiger partial charge in [0, 0.05) is 44.2 Å². The van der Waals surface area contributed by atoms with Crippen molar-refractivity contribution in [1.29, 1.82) is 0 Å². The van der Waals surface area contributed by atoms with Crippen LogP contribution in [-0.2, 0) is 41.8 Å². The summed E-state index contributed by atoms with van der Waals surface area (Å²) in [5, 5.41) is 12.3. The Balaban J connectivity index is 1.34. The summed E-state index contributed by atoms with van der Waals surface area (Å²) in [6, 6.07) is 11.2. The van der Waals surface area contributed by atoms with E-state index < -0.39 is 39.1 Å². The number of ether oxygens (including phenoxy) is 2. The second-order valence-electron chi connectivity index (χ2n) is 14.7. The lowest BCUT2D eigenvalue weighted by molar-refractivity contribution is -0.148. The maximum Gasteiger partial charge on any atom is 0.270 e. The lowest BCUT2D eigenvalue weighted by Crippen LogP contribution is -2.50. The molecule has 2 saturated carbocycles. The first-order chi connectivity index (χ1) is 23.4. The number of rotatable bonds is 4. The van der Waals surface area contributed by atoms with E-state index in [4.69, 9.17) is 21.1 Å². The molecule has 0 aromatic heterocycles. The highest BCUT2D eigenvalue weighted by molar-refractivity contribution is 7.90. The minimum absolute atomic E-state index is 0.0598. The van der Waals surface area contributed by atoms with Gasteiger partial charge in [0.25, 0.3) is 5.91 Å². The van der Waals surface area contributed by atoms with E-state index in [9.17, 15) is 23.1 Å². The molecule has 5 atom stereocenters. The van der Waals surface area contributed by atoms with Gasteiger partial charge in [0.2, 0.25) is 15.9 Å². The van der Waals surface area contributed by atoms with Gasteiger partial charge >= 0.3 is 0 Å². The van der Waals surface area contributed by atoms with Gasteiger partial charge in [0.1, 0.15) is 5.75 Å². The summed E-state index contributed by atoms with van der Waals surface area (Å²) in [6.45, 7) is 2.14. The molecule has 5 aliphatic rings. The lowest BCUT2D eigenvalue weighted by Gasteiger charge is -2.46. The summed E-state index contributed by atoms with van der Waals surface area (Å²) in [7, 11) is -0.635. The summed E-state index contributed by atoms with van der Waals surface area (Å²) in [5.41, 5.74) is 0.515. The first-order valence-electron chi connectivity index (χ1n) is 17.5. The Morgan fingerprint density at radius 1 is 1.14 bits per heavy atom. The monoisotopic (exact) mass is 711 g/mol. The van der Waals surface area contributed by atoms with Crippen LogP contribution < -0.4 is 14.4 Å². The molecule has 12 heteroatoms. The number of halogens is 1. The fourth-order valence-corrected chi connectivity index (χ4v) is 9.82. The molecule has 264 valence electrons. The highest BCUT2D eigenvalue weighted by Crippen LogP contribution is 2.48. The Labute approximate surface area is 293 Å². The molecule has 0 saturated heterocycles. The van der Waals surface area contributed by atoms with Gasteiger partial charge in [-0.2, -0.15) is 0 Å². The molecule has 2 aliphatic heterocycles. The van der Waals surface area contributed by atoms with Crippen LogP contribution in [0.25, 0.3) is 0 Å². The van der Waals surface area contributed by atoms with Gasteiger partial charge in [-0.25, -0.2) is 8.42 Å². The smallest absolute Gasteiger partial charge is 0.270 e. The zero-order chi connectivity index (χ0) is 34.6. The van der Waals surface area contributed by atoms with Crippen LogP contribution >= 0.6 is 11.6 Å². The summed E-state index contributed by atoms with van der Waals surface area (Å²) in [4.78, 5) is 31.3. The van der Waals surface area contributed by atoms with Gasteiger partial charge in [0.15, 0.2) is 5.60 Å². The normalized spacial score (nSPS) is 31.1. The zero-order valence-corrected chi connectivity index (χ0v) is 29.8. The lowest BCUT2D eigenvalue weighted by atomic mass is 9.68. The van der Waals surface area contributed by atoms with Crippen LogP contribution in [0.2, 0.25) is 5.02 Å². The van der Waals surface area contributed by atoms with E-state index in [1.807, 2.05) is 12.1 Å². The van der Waals surface area contributed by atoms with E-state index >= 15 is 0 Å². The van der Waals surface area contributed by atoms with Gasteiger partial charge in [0.05, 0.1) is 30.1 Å². The van der Waals surface area contributed by atoms with Crippen LogP contribution in [0.15, 0.2) is 48.6 Å². The quantitative estimate of drug-likeness (QED) is 0.446. The third-order valence-electron chi connectivity index (χ3n) is 11.5. The molecule has 0 radical (unpaired) electrons. The largest absolute Gasteiger partial charge is 0.490 e. The van der Waals surface area contributed by atoms with Crippen molar-refractivity contribution in [2.24, 2.45) is 11.8 Å². The van der Waals surface area contributed by atoms with Crippen molar-refractivity contribution in [3.63, 3.8) is 0 Å². The van der Waals surface area contributed by atoms with Crippen LogP contribution in [0, 0.1) is 11.8 Å². The van der Waals surface area contributed by atoms with E-state index in [1.165, 1.54) is 16.0 Å². The predicted molar refractivity (Wildman–Crippen MR) is 187 cm³/mol. The molecule has 2 aromatic rings. The van der Waals surface area contributed by atoms with Crippen molar-refractivity contribution in [2.75, 3.05) is 45.3 Å². The number of fused-ring (bicyclic) bond motifs is 4. The number of hydrogen-bond donors (Lipinski definition) is 2. The van der Waals surface area contributed by atoms with Crippen molar-refractivity contribution in [3.8, 4) is 5.75 Å². The SMILES string of the molecule is CO[C@H]1/C=C\CCN(C)C(=O)C[C@](O)(C(=O)NS(=O)(=O)C2CC2)c2ccc3c(c2)N(C[C@@H]2CC[C@H]21)C[C@@]1(CCCc2cc(Cl)ccc21)CO3. The number of carbonyl (C=O) groups excluding carboxylic acids is 2. The Kier molecular flexibility index (Phi) is 9.26. The number of aliphatic hydroxyl groups is 1. The summed E-state index contributed by atoms with van der Waals surface area (Å²) in [6.07, 6.45) is 9.81. The molecule has 0 unspecified atom stereocenters. The number of nitrogens with zero attached hydrogens (tertiary/aromatic N) is 2. The molecule has 3 aliphatic carbocycles. The molecular weight excluding hydrogens is 666 g/mol. The van der Waals surface area contributed by atoms with E-state index in [0.29, 0.717) is 73.8 Å². The van der Waals surface area contributed by atoms with Gasteiger partial charge in [-0.05, 0) is 104 Å². The summed E-state index contributed by atoms with van der Waals surface area (Å²) >= 11 is 6.44. The van der Waals surface area contributed by atoms with Crippen molar-refractivity contribution in [3.05, 3.63) is 70.3 Å². The van der Waals surface area contributed by atoms with Crippen LogP contribution in [0.3, 0.4) is 0 Å². The minimum atomic E-state index is -4.00. The third kappa shape index (κ3) is 6.59. The number of sulfonamides is 1. The predicted octanol–water partition coefficient (Wildman–Crippen LogP) is 4.46. The molecule has 2 amide bonds. The van der Waals surface area contributed by atoms with E-state index in [1.54, 1.807) is 32.4 Å². The third-order valence-corrected chi connectivity index (χ3v) is 13.6. The number of aryl methyl sites for hydroxylation is 1. The van der Waals surface area contributed by atoms with Crippen molar-refractivity contribution >= 4 is 39.1 Å². The average Bonchev–Trinajstić information content (AvgIpc) is 3.93. The van der Waals surface area contributed by atoms with Gasteiger partial charge < -0.3 is 24.4 Å². The Bertz CT molecular complexity index is 1760. The first-order valence-corrected chi connectivity index (χ1v) is 19.4. The molecule has 2 bridgehead atoms. The molecule has 49 heavy (non-hydrogen) atoms. The Morgan fingerprint density at radius 2 is 1.96 bits per heavy atom. The molecule has 1 spiro atoms. The molecular formula is C37H46ClN3O7S. The van der Waals surface area contributed by atoms with Gasteiger partial charge in [-0.1, -0.05) is 35.9 Å². The van der Waals surface area contributed by atoms with Crippen molar-refractivity contribution in [2.45, 2.75) is 80.2 Å². The number of methoxy groups -OCH3 is 1. The minimum Gasteiger partial charge on any atom is -0.490 e. The molecule has 2 N–H and O–H groups in total. The molecule has 2 fully saturated rings. The number of nitrogens with one attached hydrogen (secondary N) is 1. The summed E-state index contributed by atoms with van der Waals surface area (Å²) in [5.74, 6) is -0.382. The fraction of sp³-hybridized carbons (Fsp3) is 0.568. The fourth-order valence-electron chi connectivity index (χ4n) is 8.27. The number of anilines is 1. The van der Waals surface area contributed by atoms with Crippen LogP contribution in [-0.4, -0.2) is 82.0 Å². The van der Waals surface area contributed by atoms with Crippen LogP contribution in [0.4, 0.5) is 5.69 Å². The Hall–Kier alpha value is -3.12. The highest BCUT2D eigenvalue weighted by atomic mass is 35.5. The maximum atomic E-state index is 13.9. The van der Waals surface area contributed by atoms with E-state index in [2.05, 4.69) is 27.8 Å². The Morgan fingerprint density at radius 3 is 2.69 bits per heavy atom. The highest BCUT2D eigenvalue weighted by Gasteiger charge is 2.48. The van der Waals surface area contributed by atoms with Crippen LogP contribution in [0.1, 0.15) is 68.1 Å². The maximum absolute atomic E-state index is 13.9. The van der Waals surface area contributed by atoms with E-state index in [-0.39, 0.29) is 17.1 Å². The number of benzene rings is 2. The van der Waals surface area contributed by atoms with Gasteiger partial charge in [-0.15, -0.1) is 0 Å². The van der Waals surface area contributed by atoms with Crippen LogP contribution in [0.5, 0.6) is 5.75 Å². The van der Waals surface area contributed by atoms with Crippen molar-refractivity contribution in [1.82, 2.24) is 9.62 Å². The first kappa shape index (κ1) is 34.3. The number of hydrogen-bond acceptors (Lipinski definition) is 8. The standard InChI is InChI=1S/C37H46ClN3O7S/c1-40-17-4-3-7-32(47-2)29-13-8-25(29)21-41-22-36(16-5-6-24-18-27(38)10-14-30(24)36)23-48-33-15-9-26(19-31(33)41)37(44,20-34(40)42)35(43)39-49(45,46)28-11-12-28/h3,7,9-10,14-15,18-19,25,28-29,32,44H,4-6,8,11-13,16-17,20-23H2,1-2H3,(H,39,43)/b7-3-/t25-,29+,32-,36-,37+/m0/s1.